The van der Waals surface area contributed by atoms with Gasteiger partial charge in [0.2, 0.25) is 5.95 Å². The molecule has 5 rings (SSSR count). The molecule has 11 heteroatoms. The van der Waals surface area contributed by atoms with E-state index >= 15 is 0 Å². The molecular weight excluding hydrogens is 481 g/mol. The molecule has 0 radical (unpaired) electrons. The first-order valence-corrected chi connectivity index (χ1v) is 12.1. The number of thioether (sulfide) groups is 1. The van der Waals surface area contributed by atoms with Crippen molar-refractivity contribution in [2.24, 2.45) is 0 Å². The number of thiophene rings is 1. The predicted octanol–water partition coefficient (Wildman–Crippen LogP) is 6.44. The topological polar surface area (TPSA) is 50.3 Å². The highest BCUT2D eigenvalue weighted by Crippen LogP contribution is 2.46. The van der Waals surface area contributed by atoms with Crippen molar-refractivity contribution >= 4 is 46.3 Å². The Labute approximate surface area is 196 Å². The number of fused-ring (bicyclic) bond motifs is 2. The smallest absolute Gasteiger partial charge is 0.420 e. The molecule has 0 bridgehead atoms. The fourth-order valence-electron chi connectivity index (χ4n) is 3.73. The highest BCUT2D eigenvalue weighted by Gasteiger charge is 2.36. The summed E-state index contributed by atoms with van der Waals surface area (Å²) in [6, 6.07) is 5.49. The maximum Gasteiger partial charge on any atom is 0.420 e. The standard InChI is InChI=1S/C21H18ClF3N4OS2/c1-29-9-11-5-14(22)15(6-12(11)10-29)27-20-26-8-13(21(23,24)25)18(28-20)16-7-17-19(32-16)30-3-2-4-31-17/h5-8H,2-4,9-10H2,1H3,(H,26,27,28). The number of rotatable bonds is 3. The molecule has 2 aromatic heterocycles. The van der Waals surface area contributed by atoms with Gasteiger partial charge in [-0.05, 0) is 42.8 Å². The zero-order valence-electron chi connectivity index (χ0n) is 16.9. The normalized spacial score (nSPS) is 16.3. The van der Waals surface area contributed by atoms with E-state index in [2.05, 4.69) is 20.2 Å². The Kier molecular flexibility index (Phi) is 5.73. The highest BCUT2D eigenvalue weighted by molar-refractivity contribution is 7.99. The van der Waals surface area contributed by atoms with E-state index in [1.165, 1.54) is 11.3 Å². The molecule has 1 N–H and O–H groups in total. The summed E-state index contributed by atoms with van der Waals surface area (Å²) in [4.78, 5) is 11.6. The molecule has 2 aliphatic heterocycles. The number of benzene rings is 1. The van der Waals surface area contributed by atoms with Gasteiger partial charge in [0.1, 0.15) is 5.56 Å². The molecule has 5 nitrogen and oxygen atoms in total. The molecule has 0 saturated heterocycles. The summed E-state index contributed by atoms with van der Waals surface area (Å²) in [5.74, 6) is 0.913. The number of aromatic nitrogens is 2. The molecule has 0 atom stereocenters. The summed E-state index contributed by atoms with van der Waals surface area (Å²) in [6.07, 6.45) is -2.87. The van der Waals surface area contributed by atoms with Crippen LogP contribution in [0.4, 0.5) is 24.8 Å². The molecule has 168 valence electrons. The van der Waals surface area contributed by atoms with Gasteiger partial charge in [-0.25, -0.2) is 9.97 Å². The van der Waals surface area contributed by atoms with E-state index in [0.717, 1.165) is 47.5 Å². The number of anilines is 2. The number of halogens is 4. The van der Waals surface area contributed by atoms with Gasteiger partial charge in [-0.15, -0.1) is 11.8 Å². The average Bonchev–Trinajstić information content (AvgIpc) is 3.22. The van der Waals surface area contributed by atoms with Gasteiger partial charge in [0, 0.05) is 25.0 Å². The molecule has 3 aromatic rings. The fraction of sp³-hybridized carbons (Fsp3) is 0.333. The zero-order chi connectivity index (χ0) is 22.5. The van der Waals surface area contributed by atoms with Crippen molar-refractivity contribution in [2.75, 3.05) is 24.7 Å². The third-order valence-electron chi connectivity index (χ3n) is 5.19. The summed E-state index contributed by atoms with van der Waals surface area (Å²) < 4.78 is 46.9. The van der Waals surface area contributed by atoms with Gasteiger partial charge < -0.3 is 10.1 Å². The lowest BCUT2D eigenvalue weighted by Crippen LogP contribution is -2.11. The van der Waals surface area contributed by atoms with Crippen molar-refractivity contribution in [3.05, 3.63) is 46.1 Å². The third kappa shape index (κ3) is 4.28. The first-order chi connectivity index (χ1) is 15.3. The van der Waals surface area contributed by atoms with E-state index in [-0.39, 0.29) is 11.6 Å². The summed E-state index contributed by atoms with van der Waals surface area (Å²) in [6.45, 7) is 2.13. The Morgan fingerprint density at radius 2 is 1.97 bits per heavy atom. The summed E-state index contributed by atoms with van der Waals surface area (Å²) >= 11 is 9.17. The van der Waals surface area contributed by atoms with Crippen LogP contribution >= 0.6 is 34.7 Å². The minimum Gasteiger partial charge on any atom is -0.483 e. The van der Waals surface area contributed by atoms with Gasteiger partial charge in [-0.3, -0.25) is 4.90 Å². The van der Waals surface area contributed by atoms with Crippen LogP contribution in [0, 0.1) is 0 Å². The molecular formula is C21H18ClF3N4OS2. The van der Waals surface area contributed by atoms with Crippen LogP contribution in [0.3, 0.4) is 0 Å². The van der Waals surface area contributed by atoms with E-state index in [4.69, 9.17) is 16.3 Å². The number of alkyl halides is 3. The molecule has 2 aliphatic rings. The number of hydrogen-bond donors (Lipinski definition) is 1. The van der Waals surface area contributed by atoms with Gasteiger partial charge >= 0.3 is 6.18 Å². The Morgan fingerprint density at radius 1 is 1.19 bits per heavy atom. The molecule has 0 unspecified atom stereocenters. The first kappa shape index (κ1) is 21.8. The molecule has 4 heterocycles. The van der Waals surface area contributed by atoms with E-state index in [1.54, 1.807) is 17.8 Å². The lowest BCUT2D eigenvalue weighted by molar-refractivity contribution is -0.137. The van der Waals surface area contributed by atoms with Gasteiger partial charge in [0.05, 0.1) is 32.8 Å². The van der Waals surface area contributed by atoms with Crippen LogP contribution in [0.5, 0.6) is 5.06 Å². The Bertz CT molecular complexity index is 1160. The maximum absolute atomic E-state index is 13.7. The Morgan fingerprint density at radius 3 is 2.75 bits per heavy atom. The van der Waals surface area contributed by atoms with Crippen molar-refractivity contribution in [3.8, 4) is 15.6 Å². The van der Waals surface area contributed by atoms with E-state index in [0.29, 0.717) is 27.3 Å². The lowest BCUT2D eigenvalue weighted by Gasteiger charge is -2.14. The van der Waals surface area contributed by atoms with Crippen LogP contribution in [0.25, 0.3) is 10.6 Å². The zero-order valence-corrected chi connectivity index (χ0v) is 19.3. The van der Waals surface area contributed by atoms with Crippen molar-refractivity contribution in [3.63, 3.8) is 0 Å². The molecule has 0 fully saturated rings. The minimum atomic E-state index is -4.58. The van der Waals surface area contributed by atoms with Crippen LogP contribution in [0.15, 0.2) is 29.3 Å². The van der Waals surface area contributed by atoms with Crippen LogP contribution in [-0.2, 0) is 19.3 Å². The second-order valence-corrected chi connectivity index (χ2v) is 10.2. The summed E-state index contributed by atoms with van der Waals surface area (Å²) in [7, 11) is 2.01. The van der Waals surface area contributed by atoms with E-state index in [9.17, 15) is 13.2 Å². The minimum absolute atomic E-state index is 0.0540. The number of hydrogen-bond acceptors (Lipinski definition) is 7. The Hall–Kier alpha value is -2.01. The number of nitrogens with zero attached hydrogens (tertiary/aromatic N) is 3. The number of ether oxygens (including phenoxy) is 1. The van der Waals surface area contributed by atoms with Crippen LogP contribution < -0.4 is 10.1 Å². The van der Waals surface area contributed by atoms with Gasteiger partial charge in [0.25, 0.3) is 0 Å². The second kappa shape index (κ2) is 8.40. The second-order valence-electron chi connectivity index (χ2n) is 7.66. The van der Waals surface area contributed by atoms with Crippen LogP contribution in [0.1, 0.15) is 23.1 Å². The Balaban J connectivity index is 1.53. The molecule has 32 heavy (non-hydrogen) atoms. The lowest BCUT2D eigenvalue weighted by atomic mass is 10.1. The average molecular weight is 499 g/mol. The predicted molar refractivity (Wildman–Crippen MR) is 121 cm³/mol. The molecule has 0 amide bonds. The quantitative estimate of drug-likeness (QED) is 0.448. The van der Waals surface area contributed by atoms with Crippen molar-refractivity contribution in [2.45, 2.75) is 30.6 Å². The monoisotopic (exact) mass is 498 g/mol. The largest absolute Gasteiger partial charge is 0.483 e. The van der Waals surface area contributed by atoms with Crippen LogP contribution in [-0.4, -0.2) is 34.3 Å². The molecule has 0 saturated carbocycles. The van der Waals surface area contributed by atoms with Crippen molar-refractivity contribution in [1.29, 1.82) is 0 Å². The van der Waals surface area contributed by atoms with E-state index < -0.39 is 11.7 Å². The van der Waals surface area contributed by atoms with Gasteiger partial charge in [-0.1, -0.05) is 22.9 Å². The molecule has 1 aromatic carbocycles. The summed E-state index contributed by atoms with van der Waals surface area (Å²) in [5.41, 5.74) is 1.75. The first-order valence-electron chi connectivity index (χ1n) is 9.89. The van der Waals surface area contributed by atoms with Crippen molar-refractivity contribution in [1.82, 2.24) is 14.9 Å². The third-order valence-corrected chi connectivity index (χ3v) is 7.79. The summed E-state index contributed by atoms with van der Waals surface area (Å²) in [5, 5.41) is 4.11. The fourth-order valence-corrected chi connectivity index (χ4v) is 6.13. The SMILES string of the molecule is CN1Cc2cc(Cl)c(Nc3ncc(C(F)(F)F)c(-c4cc5c(s4)OCCCS5)n3)cc2C1. The molecule has 0 aliphatic carbocycles. The number of nitrogens with one attached hydrogen (secondary N) is 1. The molecule has 0 spiro atoms. The van der Waals surface area contributed by atoms with Gasteiger partial charge in [0.15, 0.2) is 5.06 Å². The van der Waals surface area contributed by atoms with Crippen molar-refractivity contribution < 1.29 is 17.9 Å². The van der Waals surface area contributed by atoms with E-state index in [1.807, 2.05) is 19.2 Å². The highest BCUT2D eigenvalue weighted by atomic mass is 35.5. The van der Waals surface area contributed by atoms with Gasteiger partial charge in [-0.2, -0.15) is 13.2 Å². The maximum atomic E-state index is 13.7. The van der Waals surface area contributed by atoms with Crippen LogP contribution in [0.2, 0.25) is 5.02 Å².